The molecular weight excluding hydrogens is 430 g/mol. The molecule has 184 valence electrons. The van der Waals surface area contributed by atoms with Crippen molar-refractivity contribution in [3.05, 3.63) is 35.0 Å². The first-order valence-electron chi connectivity index (χ1n) is 12.3. The van der Waals surface area contributed by atoms with Crippen LogP contribution in [0.4, 0.5) is 11.8 Å². The van der Waals surface area contributed by atoms with Crippen LogP contribution >= 0.6 is 0 Å². The first kappa shape index (κ1) is 24.1. The Hall–Kier alpha value is -3.03. The summed E-state index contributed by atoms with van der Waals surface area (Å²) < 4.78 is 10.6. The van der Waals surface area contributed by atoms with Crippen LogP contribution in [-0.4, -0.2) is 56.3 Å². The van der Waals surface area contributed by atoms with E-state index in [2.05, 4.69) is 29.6 Å². The van der Waals surface area contributed by atoms with E-state index in [1.807, 2.05) is 18.2 Å². The standard InChI is InChI=1S/C26H37N5O3/c1-31(2)25-20-7-5-6-8-21(20)29-26(30-25)28-19-12-10-18(11-13-19)27-24(32)16-17-9-14-22(33-3)23(15-17)34-4/h9,14-15,18-19H,5-8,10-13,16H2,1-4H3,(H,27,32)(H,28,29,30)/t18-,19+. The average Bonchev–Trinajstić information content (AvgIpc) is 2.84. The van der Waals surface area contributed by atoms with Crippen LogP contribution in [0.3, 0.4) is 0 Å². The van der Waals surface area contributed by atoms with Gasteiger partial charge in [0.05, 0.1) is 26.3 Å². The fourth-order valence-electron chi connectivity index (χ4n) is 5.03. The summed E-state index contributed by atoms with van der Waals surface area (Å²) in [5.74, 6) is 3.13. The molecule has 0 spiro atoms. The van der Waals surface area contributed by atoms with Crippen molar-refractivity contribution in [3.63, 3.8) is 0 Å². The normalized spacial score (nSPS) is 19.6. The van der Waals surface area contributed by atoms with Gasteiger partial charge in [0.1, 0.15) is 5.82 Å². The first-order chi connectivity index (χ1) is 16.5. The maximum Gasteiger partial charge on any atom is 0.225 e. The molecular formula is C26H37N5O3. The summed E-state index contributed by atoms with van der Waals surface area (Å²) in [6.45, 7) is 0. The van der Waals surface area contributed by atoms with Gasteiger partial charge in [-0.15, -0.1) is 0 Å². The molecule has 1 saturated carbocycles. The molecule has 0 radical (unpaired) electrons. The number of nitrogens with one attached hydrogen (secondary N) is 2. The summed E-state index contributed by atoms with van der Waals surface area (Å²) in [6.07, 6.45) is 8.70. The molecule has 0 saturated heterocycles. The largest absolute Gasteiger partial charge is 0.493 e. The molecule has 4 rings (SSSR count). The number of hydrogen-bond acceptors (Lipinski definition) is 7. The number of aryl methyl sites for hydroxylation is 1. The fraction of sp³-hybridized carbons (Fsp3) is 0.577. The molecule has 0 atom stereocenters. The lowest BCUT2D eigenvalue weighted by atomic mass is 9.91. The lowest BCUT2D eigenvalue weighted by Crippen LogP contribution is -2.41. The van der Waals surface area contributed by atoms with Gasteiger partial charge < -0.3 is 25.0 Å². The number of benzene rings is 1. The van der Waals surface area contributed by atoms with Gasteiger partial charge in [-0.2, -0.15) is 4.98 Å². The molecule has 1 aromatic carbocycles. The Morgan fingerprint density at radius 1 is 1.00 bits per heavy atom. The lowest BCUT2D eigenvalue weighted by Gasteiger charge is -2.30. The SMILES string of the molecule is COc1ccc(CC(=O)N[C@H]2CC[C@@H](Nc3nc4c(c(N(C)C)n3)CCCC4)CC2)cc1OC. The molecule has 0 bridgehead atoms. The molecule has 8 heteroatoms. The molecule has 0 unspecified atom stereocenters. The van der Waals surface area contributed by atoms with Crippen molar-refractivity contribution in [2.24, 2.45) is 0 Å². The number of fused-ring (bicyclic) bond motifs is 1. The maximum atomic E-state index is 12.6. The number of amides is 1. The molecule has 1 amide bonds. The van der Waals surface area contributed by atoms with Crippen molar-refractivity contribution < 1.29 is 14.3 Å². The van der Waals surface area contributed by atoms with Crippen LogP contribution in [0.5, 0.6) is 11.5 Å². The first-order valence-corrected chi connectivity index (χ1v) is 12.3. The highest BCUT2D eigenvalue weighted by Crippen LogP contribution is 2.30. The zero-order valence-corrected chi connectivity index (χ0v) is 20.8. The van der Waals surface area contributed by atoms with Crippen LogP contribution in [0.1, 0.15) is 55.3 Å². The van der Waals surface area contributed by atoms with Gasteiger partial charge in [0.2, 0.25) is 11.9 Å². The third-order valence-electron chi connectivity index (χ3n) is 6.82. The molecule has 2 aromatic rings. The van der Waals surface area contributed by atoms with Crippen LogP contribution in [-0.2, 0) is 24.1 Å². The van der Waals surface area contributed by atoms with E-state index in [4.69, 9.17) is 19.4 Å². The highest BCUT2D eigenvalue weighted by atomic mass is 16.5. The molecule has 1 aromatic heterocycles. The van der Waals surface area contributed by atoms with Gasteiger partial charge in [-0.05, 0) is 69.1 Å². The van der Waals surface area contributed by atoms with E-state index in [0.717, 1.165) is 55.9 Å². The van der Waals surface area contributed by atoms with E-state index >= 15 is 0 Å². The van der Waals surface area contributed by atoms with Crippen molar-refractivity contribution in [2.45, 2.75) is 69.9 Å². The van der Waals surface area contributed by atoms with Crippen molar-refractivity contribution in [1.82, 2.24) is 15.3 Å². The maximum absolute atomic E-state index is 12.6. The monoisotopic (exact) mass is 467 g/mol. The smallest absolute Gasteiger partial charge is 0.225 e. The van der Waals surface area contributed by atoms with Gasteiger partial charge in [0.25, 0.3) is 0 Å². The average molecular weight is 468 g/mol. The Labute approximate surface area is 202 Å². The highest BCUT2D eigenvalue weighted by Gasteiger charge is 2.25. The molecule has 1 heterocycles. The summed E-state index contributed by atoms with van der Waals surface area (Å²) in [5, 5.41) is 6.78. The summed E-state index contributed by atoms with van der Waals surface area (Å²) >= 11 is 0. The van der Waals surface area contributed by atoms with Gasteiger partial charge >= 0.3 is 0 Å². The second-order valence-electron chi connectivity index (χ2n) is 9.52. The molecule has 0 aliphatic heterocycles. The molecule has 2 N–H and O–H groups in total. The van der Waals surface area contributed by atoms with Gasteiger partial charge in [0.15, 0.2) is 11.5 Å². The Kier molecular flexibility index (Phi) is 7.75. The number of nitrogens with zero attached hydrogens (tertiary/aromatic N) is 3. The predicted octanol–water partition coefficient (Wildman–Crippen LogP) is 3.52. The zero-order valence-electron chi connectivity index (χ0n) is 20.8. The fourth-order valence-corrected chi connectivity index (χ4v) is 5.03. The summed E-state index contributed by atoms with van der Waals surface area (Å²) in [7, 11) is 7.31. The van der Waals surface area contributed by atoms with Crippen LogP contribution < -0.4 is 25.0 Å². The van der Waals surface area contributed by atoms with E-state index < -0.39 is 0 Å². The van der Waals surface area contributed by atoms with Gasteiger partial charge in [-0.1, -0.05) is 6.07 Å². The van der Waals surface area contributed by atoms with Gasteiger partial charge in [-0.25, -0.2) is 4.98 Å². The minimum Gasteiger partial charge on any atom is -0.493 e. The summed E-state index contributed by atoms with van der Waals surface area (Å²) in [5.41, 5.74) is 3.41. The van der Waals surface area contributed by atoms with Crippen molar-refractivity contribution in [3.8, 4) is 11.5 Å². The Bertz CT molecular complexity index is 1000. The molecule has 2 aliphatic carbocycles. The van der Waals surface area contributed by atoms with Gasteiger partial charge in [-0.3, -0.25) is 4.79 Å². The van der Waals surface area contributed by atoms with Crippen LogP contribution in [0, 0.1) is 0 Å². The van der Waals surface area contributed by atoms with E-state index in [0.29, 0.717) is 24.0 Å². The Balaban J connectivity index is 1.29. The minimum absolute atomic E-state index is 0.0391. The second-order valence-corrected chi connectivity index (χ2v) is 9.52. The molecule has 34 heavy (non-hydrogen) atoms. The number of ether oxygens (including phenoxy) is 2. The van der Waals surface area contributed by atoms with Crippen LogP contribution in [0.25, 0.3) is 0 Å². The third-order valence-corrected chi connectivity index (χ3v) is 6.82. The van der Waals surface area contributed by atoms with Crippen LogP contribution in [0.2, 0.25) is 0 Å². The Morgan fingerprint density at radius 2 is 1.71 bits per heavy atom. The van der Waals surface area contributed by atoms with E-state index in [1.54, 1.807) is 14.2 Å². The van der Waals surface area contributed by atoms with Crippen molar-refractivity contribution >= 4 is 17.7 Å². The van der Waals surface area contributed by atoms with Crippen molar-refractivity contribution in [2.75, 3.05) is 38.5 Å². The zero-order chi connectivity index (χ0) is 24.1. The second kappa shape index (κ2) is 10.9. The minimum atomic E-state index is 0.0391. The highest BCUT2D eigenvalue weighted by molar-refractivity contribution is 5.79. The number of rotatable bonds is 8. The lowest BCUT2D eigenvalue weighted by molar-refractivity contribution is -0.121. The number of hydrogen-bond donors (Lipinski definition) is 2. The number of aromatic nitrogens is 2. The summed E-state index contributed by atoms with van der Waals surface area (Å²) in [4.78, 5) is 24.4. The number of methoxy groups -OCH3 is 2. The van der Waals surface area contributed by atoms with E-state index in [9.17, 15) is 4.79 Å². The summed E-state index contributed by atoms with van der Waals surface area (Å²) in [6, 6.07) is 6.13. The molecule has 8 nitrogen and oxygen atoms in total. The van der Waals surface area contributed by atoms with Gasteiger partial charge in [0, 0.05) is 31.7 Å². The predicted molar refractivity (Wildman–Crippen MR) is 134 cm³/mol. The number of carbonyl (C=O) groups is 1. The molecule has 2 aliphatic rings. The van der Waals surface area contributed by atoms with Crippen LogP contribution in [0.15, 0.2) is 18.2 Å². The third kappa shape index (κ3) is 5.72. The molecule has 1 fully saturated rings. The topological polar surface area (TPSA) is 88.6 Å². The quantitative estimate of drug-likeness (QED) is 0.614. The Morgan fingerprint density at radius 3 is 2.41 bits per heavy atom. The number of carbonyl (C=O) groups excluding carboxylic acids is 1. The van der Waals surface area contributed by atoms with Crippen molar-refractivity contribution in [1.29, 1.82) is 0 Å². The van der Waals surface area contributed by atoms with E-state index in [-0.39, 0.29) is 11.9 Å². The van der Waals surface area contributed by atoms with E-state index in [1.165, 1.54) is 24.1 Å². The number of anilines is 2.